The van der Waals surface area contributed by atoms with Crippen molar-refractivity contribution in [1.82, 2.24) is 4.31 Å². The minimum atomic E-state index is -3.41. The lowest BCUT2D eigenvalue weighted by atomic mass is 10.3. The fourth-order valence-corrected chi connectivity index (χ4v) is 3.30. The van der Waals surface area contributed by atoms with Gasteiger partial charge in [0.2, 0.25) is 10.0 Å². The maximum atomic E-state index is 11.8. The normalized spacial score (nSPS) is 16.6. The van der Waals surface area contributed by atoms with Gasteiger partial charge in [-0.05, 0) is 19.3 Å². The van der Waals surface area contributed by atoms with Crippen LogP contribution >= 0.6 is 0 Å². The van der Waals surface area contributed by atoms with Crippen LogP contribution in [-0.4, -0.2) is 53.9 Å². The second-order valence-corrected chi connectivity index (χ2v) is 5.92. The van der Waals surface area contributed by atoms with E-state index < -0.39 is 16.0 Å². The third-order valence-electron chi connectivity index (χ3n) is 2.42. The second kappa shape index (κ2) is 5.60. The third-order valence-corrected chi connectivity index (χ3v) is 4.42. The topological polar surface area (TPSA) is 94.9 Å². The number of rotatable bonds is 8. The molecule has 1 saturated carbocycles. The zero-order chi connectivity index (χ0) is 12.2. The number of nitrogens with zero attached hydrogens (tertiary/aromatic N) is 1. The molecule has 1 aliphatic rings. The van der Waals surface area contributed by atoms with E-state index in [1.165, 1.54) is 4.31 Å². The largest absolute Gasteiger partial charge is 0.481 e. The summed E-state index contributed by atoms with van der Waals surface area (Å²) >= 11 is 0. The molecule has 0 aromatic carbocycles. The summed E-state index contributed by atoms with van der Waals surface area (Å²) in [7, 11) is -3.41. The Kier molecular flexibility index (Phi) is 4.69. The standard InChI is InChI=1S/C9H17NO5S/c11-6-5-10(8-3-4-8)16(14,15)7-1-2-9(12)13/h8,11H,1-7H2,(H,12,13). The van der Waals surface area contributed by atoms with E-state index in [9.17, 15) is 13.2 Å². The molecule has 0 aliphatic heterocycles. The molecule has 0 spiro atoms. The molecule has 2 N–H and O–H groups in total. The van der Waals surface area contributed by atoms with Gasteiger partial charge in [0.1, 0.15) is 0 Å². The third kappa shape index (κ3) is 4.07. The Balaban J connectivity index is 2.49. The Morgan fingerprint density at radius 2 is 2.00 bits per heavy atom. The minimum Gasteiger partial charge on any atom is -0.481 e. The zero-order valence-corrected chi connectivity index (χ0v) is 9.82. The lowest BCUT2D eigenvalue weighted by Crippen LogP contribution is -2.37. The van der Waals surface area contributed by atoms with Crippen molar-refractivity contribution in [2.75, 3.05) is 18.9 Å². The molecule has 0 aromatic heterocycles. The fourth-order valence-electron chi connectivity index (χ4n) is 1.53. The van der Waals surface area contributed by atoms with Crippen LogP contribution in [0.1, 0.15) is 25.7 Å². The van der Waals surface area contributed by atoms with Crippen molar-refractivity contribution in [2.24, 2.45) is 0 Å². The fraction of sp³-hybridized carbons (Fsp3) is 0.889. The Labute approximate surface area is 94.9 Å². The van der Waals surface area contributed by atoms with Gasteiger partial charge in [0.05, 0.1) is 12.4 Å². The maximum Gasteiger partial charge on any atom is 0.303 e. The summed E-state index contributed by atoms with van der Waals surface area (Å²) < 4.78 is 24.9. The molecule has 16 heavy (non-hydrogen) atoms. The van der Waals surface area contributed by atoms with E-state index in [0.29, 0.717) is 0 Å². The molecule has 0 amide bonds. The van der Waals surface area contributed by atoms with Gasteiger partial charge >= 0.3 is 5.97 Å². The highest BCUT2D eigenvalue weighted by atomic mass is 32.2. The number of aliphatic hydroxyl groups excluding tert-OH is 1. The number of carboxylic acid groups (broad SMARTS) is 1. The highest BCUT2D eigenvalue weighted by Crippen LogP contribution is 2.29. The van der Waals surface area contributed by atoms with Crippen molar-refractivity contribution in [3.05, 3.63) is 0 Å². The van der Waals surface area contributed by atoms with Crippen molar-refractivity contribution in [3.8, 4) is 0 Å². The first-order chi connectivity index (χ1) is 7.47. The monoisotopic (exact) mass is 251 g/mol. The summed E-state index contributed by atoms with van der Waals surface area (Å²) in [4.78, 5) is 10.3. The maximum absolute atomic E-state index is 11.8. The molecule has 0 radical (unpaired) electrons. The number of carboxylic acids is 1. The van der Waals surface area contributed by atoms with E-state index >= 15 is 0 Å². The van der Waals surface area contributed by atoms with Crippen LogP contribution in [0, 0.1) is 0 Å². The first kappa shape index (κ1) is 13.4. The van der Waals surface area contributed by atoms with Crippen LogP contribution in [0.2, 0.25) is 0 Å². The molecule has 0 bridgehead atoms. The van der Waals surface area contributed by atoms with Crippen LogP contribution in [0.5, 0.6) is 0 Å². The number of carbonyl (C=O) groups is 1. The zero-order valence-electron chi connectivity index (χ0n) is 9.00. The molecule has 0 aromatic rings. The van der Waals surface area contributed by atoms with Crippen LogP contribution in [0.4, 0.5) is 0 Å². The molecule has 0 unspecified atom stereocenters. The highest BCUT2D eigenvalue weighted by Gasteiger charge is 2.36. The predicted molar refractivity (Wildman–Crippen MR) is 57.5 cm³/mol. The van der Waals surface area contributed by atoms with Gasteiger partial charge in [-0.25, -0.2) is 8.42 Å². The van der Waals surface area contributed by atoms with Crippen molar-refractivity contribution in [2.45, 2.75) is 31.7 Å². The van der Waals surface area contributed by atoms with E-state index in [4.69, 9.17) is 10.2 Å². The second-order valence-electron chi connectivity index (χ2n) is 3.88. The molecule has 1 aliphatic carbocycles. The quantitative estimate of drug-likeness (QED) is 0.614. The highest BCUT2D eigenvalue weighted by molar-refractivity contribution is 7.89. The number of hydrogen-bond donors (Lipinski definition) is 2. The van der Waals surface area contributed by atoms with Gasteiger partial charge in [-0.15, -0.1) is 0 Å². The number of aliphatic carboxylic acids is 1. The average molecular weight is 251 g/mol. The van der Waals surface area contributed by atoms with Gasteiger partial charge in [0.25, 0.3) is 0 Å². The smallest absolute Gasteiger partial charge is 0.303 e. The first-order valence-electron chi connectivity index (χ1n) is 5.29. The molecular weight excluding hydrogens is 234 g/mol. The Bertz CT molecular complexity index is 336. The molecule has 0 heterocycles. The average Bonchev–Trinajstić information content (AvgIpc) is 2.96. The summed E-state index contributed by atoms with van der Waals surface area (Å²) in [6, 6.07) is 0.0157. The van der Waals surface area contributed by atoms with Crippen LogP contribution in [0.25, 0.3) is 0 Å². The van der Waals surface area contributed by atoms with E-state index in [-0.39, 0.29) is 37.8 Å². The van der Waals surface area contributed by atoms with Crippen LogP contribution in [0.15, 0.2) is 0 Å². The lowest BCUT2D eigenvalue weighted by molar-refractivity contribution is -0.137. The van der Waals surface area contributed by atoms with E-state index in [0.717, 1.165) is 12.8 Å². The molecule has 0 atom stereocenters. The van der Waals surface area contributed by atoms with Crippen LogP contribution in [0.3, 0.4) is 0 Å². The summed E-state index contributed by atoms with van der Waals surface area (Å²) in [5.74, 6) is -1.15. The summed E-state index contributed by atoms with van der Waals surface area (Å²) in [6.45, 7) is -0.0886. The molecule has 6 nitrogen and oxygen atoms in total. The Morgan fingerprint density at radius 1 is 1.38 bits per heavy atom. The summed E-state index contributed by atoms with van der Waals surface area (Å²) in [6.07, 6.45) is 1.64. The molecule has 0 saturated heterocycles. The number of sulfonamides is 1. The Hall–Kier alpha value is -0.660. The van der Waals surface area contributed by atoms with Crippen molar-refractivity contribution in [3.63, 3.8) is 0 Å². The van der Waals surface area contributed by atoms with Gasteiger partial charge in [0.15, 0.2) is 0 Å². The molecular formula is C9H17NO5S. The van der Waals surface area contributed by atoms with Gasteiger partial charge < -0.3 is 10.2 Å². The lowest BCUT2D eigenvalue weighted by Gasteiger charge is -2.20. The van der Waals surface area contributed by atoms with E-state index in [1.807, 2.05) is 0 Å². The van der Waals surface area contributed by atoms with Crippen molar-refractivity contribution < 1.29 is 23.4 Å². The van der Waals surface area contributed by atoms with Crippen molar-refractivity contribution >= 4 is 16.0 Å². The van der Waals surface area contributed by atoms with E-state index in [1.54, 1.807) is 0 Å². The summed E-state index contributed by atoms with van der Waals surface area (Å²) in [5, 5.41) is 17.2. The van der Waals surface area contributed by atoms with Gasteiger partial charge in [-0.3, -0.25) is 4.79 Å². The van der Waals surface area contributed by atoms with Gasteiger partial charge in [-0.1, -0.05) is 0 Å². The Morgan fingerprint density at radius 3 is 2.44 bits per heavy atom. The predicted octanol–water partition coefficient (Wildman–Crippen LogP) is -0.362. The first-order valence-corrected chi connectivity index (χ1v) is 6.90. The van der Waals surface area contributed by atoms with Gasteiger partial charge in [0, 0.05) is 19.0 Å². The van der Waals surface area contributed by atoms with Crippen LogP contribution < -0.4 is 0 Å². The van der Waals surface area contributed by atoms with Crippen LogP contribution in [-0.2, 0) is 14.8 Å². The minimum absolute atomic E-state index is 0.0157. The number of aliphatic hydroxyl groups is 1. The molecule has 1 rings (SSSR count). The molecule has 1 fully saturated rings. The number of hydrogen-bond acceptors (Lipinski definition) is 4. The van der Waals surface area contributed by atoms with Gasteiger partial charge in [-0.2, -0.15) is 4.31 Å². The van der Waals surface area contributed by atoms with E-state index in [2.05, 4.69) is 0 Å². The van der Waals surface area contributed by atoms with Crippen molar-refractivity contribution in [1.29, 1.82) is 0 Å². The summed E-state index contributed by atoms with van der Waals surface area (Å²) in [5.41, 5.74) is 0. The SMILES string of the molecule is O=C(O)CCCS(=O)(=O)N(CCO)C1CC1. The molecule has 94 valence electrons. The molecule has 7 heteroatoms.